The molecule has 2 N–H and O–H groups in total. The summed E-state index contributed by atoms with van der Waals surface area (Å²) in [6.45, 7) is 1.79. The zero-order chi connectivity index (χ0) is 15.6. The maximum atomic E-state index is 12.3. The lowest BCUT2D eigenvalue weighted by Crippen LogP contribution is -2.16. The Kier molecular flexibility index (Phi) is 3.88. The van der Waals surface area contributed by atoms with Gasteiger partial charge in [0.2, 0.25) is 0 Å². The Balaban J connectivity index is 2.40. The van der Waals surface area contributed by atoms with Crippen LogP contribution in [0.15, 0.2) is 24.3 Å². The minimum Gasteiger partial charge on any atom is -0.383 e. The Morgan fingerprint density at radius 1 is 1.43 bits per heavy atom. The van der Waals surface area contributed by atoms with Crippen LogP contribution in [0.3, 0.4) is 0 Å². The molecule has 0 aliphatic rings. The molecule has 1 aromatic heterocycles. The lowest BCUT2D eigenvalue weighted by molar-refractivity contribution is -0.384. The first kappa shape index (κ1) is 14.5. The van der Waals surface area contributed by atoms with E-state index in [4.69, 9.17) is 0 Å². The van der Waals surface area contributed by atoms with Gasteiger partial charge in [-0.15, -0.1) is 0 Å². The van der Waals surface area contributed by atoms with Crippen LogP contribution in [-0.2, 0) is 7.05 Å². The fraction of sp³-hybridized carbons (Fsp3) is 0.231. The van der Waals surface area contributed by atoms with Gasteiger partial charge in [-0.05, 0) is 19.1 Å². The molecule has 0 spiro atoms. The lowest BCUT2D eigenvalue weighted by Gasteiger charge is -2.08. The molecule has 1 aromatic carbocycles. The predicted molar refractivity (Wildman–Crippen MR) is 78.5 cm³/mol. The van der Waals surface area contributed by atoms with Crippen molar-refractivity contribution in [1.29, 1.82) is 0 Å². The lowest BCUT2D eigenvalue weighted by atomic mass is 10.1. The molecular formula is C13H15N5O3. The number of benzene rings is 1. The third kappa shape index (κ3) is 2.83. The van der Waals surface area contributed by atoms with E-state index in [1.807, 2.05) is 0 Å². The number of para-hydroxylation sites is 1. The van der Waals surface area contributed by atoms with E-state index < -0.39 is 10.8 Å². The first-order valence-electron chi connectivity index (χ1n) is 6.21. The summed E-state index contributed by atoms with van der Waals surface area (Å²) in [5.74, 6) is -0.0801. The number of nitro benzene ring substituents is 1. The minimum absolute atomic E-state index is 0.00861. The highest BCUT2D eigenvalue weighted by molar-refractivity contribution is 6.08. The van der Waals surface area contributed by atoms with Gasteiger partial charge in [0.1, 0.15) is 17.1 Å². The average molecular weight is 289 g/mol. The third-order valence-corrected chi connectivity index (χ3v) is 2.98. The molecule has 110 valence electrons. The number of nitro groups is 1. The van der Waals surface area contributed by atoms with Gasteiger partial charge in [-0.1, -0.05) is 6.07 Å². The van der Waals surface area contributed by atoms with Gasteiger partial charge < -0.3 is 10.6 Å². The van der Waals surface area contributed by atoms with Crippen molar-refractivity contribution >= 4 is 23.1 Å². The smallest absolute Gasteiger partial charge is 0.305 e. The van der Waals surface area contributed by atoms with Gasteiger partial charge in [-0.3, -0.25) is 19.6 Å². The van der Waals surface area contributed by atoms with Crippen molar-refractivity contribution in [2.75, 3.05) is 17.7 Å². The number of aryl methyl sites for hydroxylation is 2. The van der Waals surface area contributed by atoms with E-state index in [2.05, 4.69) is 15.7 Å². The number of nitrogens with one attached hydrogen (secondary N) is 2. The summed E-state index contributed by atoms with van der Waals surface area (Å²) in [4.78, 5) is 22.9. The van der Waals surface area contributed by atoms with E-state index in [9.17, 15) is 14.9 Å². The predicted octanol–water partition coefficient (Wildman–Crippen LogP) is 1.93. The summed E-state index contributed by atoms with van der Waals surface area (Å²) in [7, 11) is 3.25. The number of carbonyl (C=O) groups excluding carboxylic acids is 1. The second kappa shape index (κ2) is 5.61. The van der Waals surface area contributed by atoms with E-state index >= 15 is 0 Å². The molecular weight excluding hydrogens is 274 g/mol. The van der Waals surface area contributed by atoms with Crippen LogP contribution in [0.4, 0.5) is 17.2 Å². The van der Waals surface area contributed by atoms with Crippen LogP contribution in [0.25, 0.3) is 0 Å². The molecule has 0 radical (unpaired) electrons. The van der Waals surface area contributed by atoms with Gasteiger partial charge >= 0.3 is 5.69 Å². The molecule has 8 nitrogen and oxygen atoms in total. The van der Waals surface area contributed by atoms with Gasteiger partial charge in [0.15, 0.2) is 0 Å². The first-order valence-corrected chi connectivity index (χ1v) is 6.21. The third-order valence-electron chi connectivity index (χ3n) is 2.98. The summed E-state index contributed by atoms with van der Waals surface area (Å²) >= 11 is 0. The molecule has 0 saturated heterocycles. The van der Waals surface area contributed by atoms with Crippen LogP contribution < -0.4 is 10.6 Å². The van der Waals surface area contributed by atoms with E-state index in [0.29, 0.717) is 5.82 Å². The van der Waals surface area contributed by atoms with Crippen molar-refractivity contribution in [2.45, 2.75) is 6.92 Å². The van der Waals surface area contributed by atoms with Crippen LogP contribution in [0, 0.1) is 17.0 Å². The highest BCUT2D eigenvalue weighted by atomic mass is 16.6. The molecule has 0 fully saturated rings. The van der Waals surface area contributed by atoms with Gasteiger partial charge in [0, 0.05) is 20.2 Å². The Hall–Kier alpha value is -2.90. The van der Waals surface area contributed by atoms with Crippen LogP contribution >= 0.6 is 0 Å². The first-order chi connectivity index (χ1) is 9.93. The monoisotopic (exact) mass is 289 g/mol. The molecule has 0 saturated carbocycles. The van der Waals surface area contributed by atoms with Crippen molar-refractivity contribution in [3.63, 3.8) is 0 Å². The maximum Gasteiger partial charge on any atom is 0.305 e. The quantitative estimate of drug-likeness (QED) is 0.661. The number of aromatic nitrogens is 2. The molecule has 0 atom stereocenters. The second-order valence-electron chi connectivity index (χ2n) is 4.46. The van der Waals surface area contributed by atoms with Crippen molar-refractivity contribution < 1.29 is 9.72 Å². The Morgan fingerprint density at radius 3 is 2.67 bits per heavy atom. The zero-order valence-electron chi connectivity index (χ0n) is 11.9. The molecule has 0 bridgehead atoms. The number of amides is 1. The van der Waals surface area contributed by atoms with E-state index in [0.717, 1.165) is 5.69 Å². The fourth-order valence-corrected chi connectivity index (χ4v) is 2.04. The topological polar surface area (TPSA) is 102 Å². The molecule has 8 heteroatoms. The van der Waals surface area contributed by atoms with Crippen molar-refractivity contribution in [3.8, 4) is 0 Å². The summed E-state index contributed by atoms with van der Waals surface area (Å²) in [6.07, 6.45) is 0. The van der Waals surface area contributed by atoms with Crippen molar-refractivity contribution in [3.05, 3.63) is 45.6 Å². The van der Waals surface area contributed by atoms with Crippen LogP contribution in [0.1, 0.15) is 16.1 Å². The molecule has 2 rings (SSSR count). The SMILES string of the molecule is CNc1cccc(C(=O)Nc2cc(C)nn2C)c1[N+](=O)[O-]. The summed E-state index contributed by atoms with van der Waals surface area (Å²) in [6, 6.07) is 6.23. The van der Waals surface area contributed by atoms with Crippen LogP contribution in [0.2, 0.25) is 0 Å². The number of anilines is 2. The Bertz CT molecular complexity index is 708. The highest BCUT2D eigenvalue weighted by Crippen LogP contribution is 2.28. The number of hydrogen-bond donors (Lipinski definition) is 2. The number of carbonyl (C=O) groups is 1. The molecule has 0 unspecified atom stereocenters. The molecule has 0 aliphatic carbocycles. The summed E-state index contributed by atoms with van der Waals surface area (Å²) in [5, 5.41) is 20.6. The molecule has 1 heterocycles. The van der Waals surface area contributed by atoms with Gasteiger partial charge in [-0.25, -0.2) is 0 Å². The Morgan fingerprint density at radius 2 is 2.14 bits per heavy atom. The normalized spacial score (nSPS) is 10.2. The van der Waals surface area contributed by atoms with Gasteiger partial charge in [-0.2, -0.15) is 5.10 Å². The van der Waals surface area contributed by atoms with Crippen LogP contribution in [-0.4, -0.2) is 27.7 Å². The number of hydrogen-bond acceptors (Lipinski definition) is 5. The van der Waals surface area contributed by atoms with E-state index in [1.165, 1.54) is 10.7 Å². The Labute approximate surface area is 120 Å². The number of rotatable bonds is 4. The van der Waals surface area contributed by atoms with Crippen molar-refractivity contribution in [2.24, 2.45) is 7.05 Å². The molecule has 0 aliphatic heterocycles. The zero-order valence-corrected chi connectivity index (χ0v) is 11.9. The summed E-state index contributed by atoms with van der Waals surface area (Å²) in [5.41, 5.74) is 0.766. The van der Waals surface area contributed by atoms with Crippen LogP contribution in [0.5, 0.6) is 0 Å². The molecule has 1 amide bonds. The van der Waals surface area contributed by atoms with Gasteiger partial charge in [0.25, 0.3) is 5.91 Å². The average Bonchev–Trinajstić information content (AvgIpc) is 2.75. The standard InChI is InChI=1S/C13H15N5O3/c1-8-7-11(17(3)16-8)15-13(19)9-5-4-6-10(14-2)12(9)18(20)21/h4-7,14H,1-3H3,(H,15,19). The highest BCUT2D eigenvalue weighted by Gasteiger charge is 2.24. The van der Waals surface area contributed by atoms with Gasteiger partial charge in [0.05, 0.1) is 10.6 Å². The molecule has 21 heavy (non-hydrogen) atoms. The maximum absolute atomic E-state index is 12.3. The number of nitrogens with zero attached hydrogens (tertiary/aromatic N) is 3. The molecule has 2 aromatic rings. The largest absolute Gasteiger partial charge is 0.383 e. The minimum atomic E-state index is -0.574. The fourth-order valence-electron chi connectivity index (χ4n) is 2.04. The summed E-state index contributed by atoms with van der Waals surface area (Å²) < 4.78 is 1.50. The van der Waals surface area contributed by atoms with E-state index in [-0.39, 0.29) is 16.9 Å². The van der Waals surface area contributed by atoms with Crippen molar-refractivity contribution in [1.82, 2.24) is 9.78 Å². The second-order valence-corrected chi connectivity index (χ2v) is 4.46. The van der Waals surface area contributed by atoms with E-state index in [1.54, 1.807) is 39.2 Å².